The normalized spacial score (nSPS) is 17.2. The number of carbonyl (C=O) groups is 1. The van der Waals surface area contributed by atoms with Crippen LogP contribution in [0.2, 0.25) is 0 Å². The largest absolute Gasteiger partial charge is 0.382 e. The zero-order valence-electron chi connectivity index (χ0n) is 15.7. The van der Waals surface area contributed by atoms with Gasteiger partial charge in [0.2, 0.25) is 0 Å². The van der Waals surface area contributed by atoms with Gasteiger partial charge in [0.1, 0.15) is 6.10 Å². The number of hydrogen-bond donors (Lipinski definition) is 3. The van der Waals surface area contributed by atoms with Gasteiger partial charge in [0.05, 0.1) is 0 Å². The maximum Gasteiger partial charge on any atom is 0.253 e. The number of anilines is 1. The first-order chi connectivity index (χ1) is 12.7. The highest BCUT2D eigenvalue weighted by atomic mass is 16.5. The Morgan fingerprint density at radius 2 is 2.27 bits per heavy atom. The highest BCUT2D eigenvalue weighted by Crippen LogP contribution is 2.16. The van der Waals surface area contributed by atoms with Crippen molar-refractivity contribution in [2.75, 3.05) is 38.7 Å². The number of aliphatic imine (C=N–C) groups is 1. The lowest BCUT2D eigenvalue weighted by atomic mass is 10.2. The molecule has 26 heavy (non-hydrogen) atoms. The first-order valence-corrected chi connectivity index (χ1v) is 9.26. The Bertz CT molecular complexity index is 586. The number of nitrogens with one attached hydrogen (secondary N) is 3. The molecule has 0 saturated carbocycles. The Hall–Kier alpha value is -2.12. The van der Waals surface area contributed by atoms with E-state index in [2.05, 4.69) is 20.9 Å². The fourth-order valence-electron chi connectivity index (χ4n) is 2.70. The summed E-state index contributed by atoms with van der Waals surface area (Å²) < 4.78 is 10.7. The van der Waals surface area contributed by atoms with E-state index in [9.17, 15) is 4.79 Å². The molecule has 1 aromatic carbocycles. The molecule has 1 aliphatic heterocycles. The Kier molecular flexibility index (Phi) is 8.92. The van der Waals surface area contributed by atoms with Crippen molar-refractivity contribution in [2.45, 2.75) is 38.8 Å². The van der Waals surface area contributed by atoms with E-state index in [-0.39, 0.29) is 12.0 Å². The van der Waals surface area contributed by atoms with Crippen LogP contribution >= 0.6 is 0 Å². The van der Waals surface area contributed by atoms with Gasteiger partial charge in [0.15, 0.2) is 5.96 Å². The van der Waals surface area contributed by atoms with Crippen molar-refractivity contribution in [2.24, 2.45) is 4.99 Å². The average molecular weight is 362 g/mol. The molecular weight excluding hydrogens is 332 g/mol. The van der Waals surface area contributed by atoms with E-state index in [0.29, 0.717) is 13.2 Å². The van der Waals surface area contributed by atoms with Gasteiger partial charge >= 0.3 is 0 Å². The van der Waals surface area contributed by atoms with Gasteiger partial charge in [-0.15, -0.1) is 0 Å². The van der Waals surface area contributed by atoms with Crippen LogP contribution in [0, 0.1) is 0 Å². The SMILES string of the molecule is CCOCCCNC(=NC)NCc1cccc(NC(=O)C2CCCO2)c1. The predicted molar refractivity (Wildman–Crippen MR) is 103 cm³/mol. The molecule has 0 bridgehead atoms. The van der Waals surface area contributed by atoms with E-state index in [4.69, 9.17) is 9.47 Å². The zero-order valence-corrected chi connectivity index (χ0v) is 15.7. The van der Waals surface area contributed by atoms with Gasteiger partial charge in [-0.3, -0.25) is 9.79 Å². The summed E-state index contributed by atoms with van der Waals surface area (Å²) in [6.07, 6.45) is 2.34. The van der Waals surface area contributed by atoms with Gasteiger partial charge in [-0.05, 0) is 43.9 Å². The van der Waals surface area contributed by atoms with Crippen LogP contribution in [0.1, 0.15) is 31.7 Å². The Morgan fingerprint density at radius 3 is 3.00 bits per heavy atom. The molecule has 1 amide bonds. The number of rotatable bonds is 9. The van der Waals surface area contributed by atoms with E-state index in [1.165, 1.54) is 0 Å². The molecule has 0 spiro atoms. The van der Waals surface area contributed by atoms with Gasteiger partial charge in [-0.25, -0.2) is 0 Å². The van der Waals surface area contributed by atoms with E-state index < -0.39 is 0 Å². The lowest BCUT2D eigenvalue weighted by Gasteiger charge is -2.13. The Labute approximate surface area is 155 Å². The third kappa shape index (κ3) is 7.01. The van der Waals surface area contributed by atoms with Crippen molar-refractivity contribution in [3.05, 3.63) is 29.8 Å². The Balaban J connectivity index is 1.77. The molecular formula is C19H30N4O3. The molecule has 1 saturated heterocycles. The van der Waals surface area contributed by atoms with Gasteiger partial charge in [0.25, 0.3) is 5.91 Å². The van der Waals surface area contributed by atoms with E-state index in [0.717, 1.165) is 56.2 Å². The number of guanidine groups is 1. The lowest BCUT2D eigenvalue weighted by molar-refractivity contribution is -0.124. The smallest absolute Gasteiger partial charge is 0.253 e. The number of ether oxygens (including phenoxy) is 2. The molecule has 0 aromatic heterocycles. The molecule has 0 radical (unpaired) electrons. The minimum absolute atomic E-state index is 0.0700. The van der Waals surface area contributed by atoms with Gasteiger partial charge in [-0.2, -0.15) is 0 Å². The summed E-state index contributed by atoms with van der Waals surface area (Å²) >= 11 is 0. The van der Waals surface area contributed by atoms with Crippen LogP contribution in [0.4, 0.5) is 5.69 Å². The molecule has 1 heterocycles. The second-order valence-electron chi connectivity index (χ2n) is 6.09. The quantitative estimate of drug-likeness (QED) is 0.355. The number of benzene rings is 1. The standard InChI is InChI=1S/C19H30N4O3/c1-3-25-11-6-10-21-19(20-2)22-14-15-7-4-8-16(13-15)23-18(24)17-9-5-12-26-17/h4,7-8,13,17H,3,5-6,9-12,14H2,1-2H3,(H,23,24)(H2,20,21,22). The molecule has 2 rings (SSSR count). The summed E-state index contributed by atoms with van der Waals surface area (Å²) in [6, 6.07) is 7.79. The number of nitrogens with zero attached hydrogens (tertiary/aromatic N) is 1. The van der Waals surface area contributed by atoms with Crippen LogP contribution in [-0.4, -0.2) is 51.4 Å². The van der Waals surface area contributed by atoms with Crippen LogP contribution in [0.3, 0.4) is 0 Å². The van der Waals surface area contributed by atoms with E-state index >= 15 is 0 Å². The molecule has 1 unspecified atom stereocenters. The lowest BCUT2D eigenvalue weighted by Crippen LogP contribution is -2.37. The van der Waals surface area contributed by atoms with Crippen molar-refractivity contribution in [1.29, 1.82) is 0 Å². The predicted octanol–water partition coefficient (Wildman–Crippen LogP) is 1.90. The third-order valence-corrected chi connectivity index (χ3v) is 4.06. The van der Waals surface area contributed by atoms with E-state index in [1.807, 2.05) is 31.2 Å². The summed E-state index contributed by atoms with van der Waals surface area (Å²) in [6.45, 7) is 5.57. The van der Waals surface area contributed by atoms with Crippen molar-refractivity contribution >= 4 is 17.6 Å². The molecule has 7 heteroatoms. The van der Waals surface area contributed by atoms with E-state index in [1.54, 1.807) is 7.05 Å². The van der Waals surface area contributed by atoms with Crippen molar-refractivity contribution in [1.82, 2.24) is 10.6 Å². The van der Waals surface area contributed by atoms with Crippen LogP contribution in [0.5, 0.6) is 0 Å². The molecule has 1 aromatic rings. The summed E-state index contributed by atoms with van der Waals surface area (Å²) in [4.78, 5) is 16.4. The molecule has 3 N–H and O–H groups in total. The van der Waals surface area contributed by atoms with Gasteiger partial charge in [-0.1, -0.05) is 12.1 Å². The van der Waals surface area contributed by atoms with Crippen molar-refractivity contribution in [3.8, 4) is 0 Å². The number of carbonyl (C=O) groups excluding carboxylic acids is 1. The molecule has 7 nitrogen and oxygen atoms in total. The minimum Gasteiger partial charge on any atom is -0.382 e. The molecule has 1 atom stereocenters. The first-order valence-electron chi connectivity index (χ1n) is 9.26. The zero-order chi connectivity index (χ0) is 18.6. The van der Waals surface area contributed by atoms with Crippen LogP contribution in [-0.2, 0) is 20.8 Å². The van der Waals surface area contributed by atoms with Crippen LogP contribution in [0.15, 0.2) is 29.3 Å². The average Bonchev–Trinajstić information content (AvgIpc) is 3.19. The summed E-state index contributed by atoms with van der Waals surface area (Å²) in [5.74, 6) is 0.676. The first kappa shape index (κ1) is 20.2. The van der Waals surface area contributed by atoms with Crippen molar-refractivity contribution in [3.63, 3.8) is 0 Å². The molecule has 1 fully saturated rings. The monoisotopic (exact) mass is 362 g/mol. The molecule has 1 aliphatic rings. The topological polar surface area (TPSA) is 84.0 Å². The highest BCUT2D eigenvalue weighted by molar-refractivity contribution is 5.94. The summed E-state index contributed by atoms with van der Waals surface area (Å²) in [5.41, 5.74) is 1.84. The maximum absolute atomic E-state index is 12.1. The molecule has 0 aliphatic carbocycles. The van der Waals surface area contributed by atoms with Gasteiger partial charge < -0.3 is 25.4 Å². The fourth-order valence-corrected chi connectivity index (χ4v) is 2.70. The Morgan fingerprint density at radius 1 is 1.38 bits per heavy atom. The van der Waals surface area contributed by atoms with Crippen LogP contribution in [0.25, 0.3) is 0 Å². The summed E-state index contributed by atoms with van der Waals surface area (Å²) in [5, 5.41) is 9.46. The minimum atomic E-state index is -0.323. The fraction of sp³-hybridized carbons (Fsp3) is 0.579. The number of amides is 1. The van der Waals surface area contributed by atoms with Crippen molar-refractivity contribution < 1.29 is 14.3 Å². The second kappa shape index (κ2) is 11.5. The highest BCUT2D eigenvalue weighted by Gasteiger charge is 2.23. The molecule has 144 valence electrons. The second-order valence-corrected chi connectivity index (χ2v) is 6.09. The summed E-state index contributed by atoms with van der Waals surface area (Å²) in [7, 11) is 1.75. The maximum atomic E-state index is 12.1. The third-order valence-electron chi connectivity index (χ3n) is 4.06. The number of hydrogen-bond acceptors (Lipinski definition) is 4. The van der Waals surface area contributed by atoms with Crippen LogP contribution < -0.4 is 16.0 Å². The van der Waals surface area contributed by atoms with Gasteiger partial charge in [0, 0.05) is 45.6 Å².